The van der Waals surface area contributed by atoms with E-state index in [-0.39, 0.29) is 0 Å². The highest BCUT2D eigenvalue weighted by Crippen LogP contribution is 2.35. The molecule has 33 heavy (non-hydrogen) atoms. The topological polar surface area (TPSA) is 62.8 Å². The van der Waals surface area contributed by atoms with Crippen molar-refractivity contribution in [3.63, 3.8) is 0 Å². The molecule has 1 fully saturated rings. The van der Waals surface area contributed by atoms with Gasteiger partial charge in [-0.15, -0.1) is 0 Å². The van der Waals surface area contributed by atoms with Gasteiger partial charge in [-0.05, 0) is 43.8 Å². The molecule has 1 saturated heterocycles. The molecule has 0 saturated carbocycles. The lowest BCUT2D eigenvalue weighted by molar-refractivity contribution is -0.156. The number of fused-ring (bicyclic) bond motifs is 1. The number of rotatable bonds is 9. The van der Waals surface area contributed by atoms with E-state index in [1.165, 1.54) is 0 Å². The number of alkyl halides is 2. The zero-order valence-electron chi connectivity index (χ0n) is 19.1. The first-order chi connectivity index (χ1) is 15.9. The molecule has 0 spiro atoms. The van der Waals surface area contributed by atoms with Gasteiger partial charge >= 0.3 is 6.61 Å². The second kappa shape index (κ2) is 10.3. The van der Waals surface area contributed by atoms with E-state index in [2.05, 4.69) is 15.2 Å². The van der Waals surface area contributed by atoms with Crippen LogP contribution < -0.4 is 19.9 Å². The van der Waals surface area contributed by atoms with Crippen LogP contribution >= 0.6 is 0 Å². The van der Waals surface area contributed by atoms with Crippen LogP contribution in [0.1, 0.15) is 6.42 Å². The summed E-state index contributed by atoms with van der Waals surface area (Å²) in [6.07, 6.45) is 1.81. The number of anilines is 2. The van der Waals surface area contributed by atoms with Crippen LogP contribution in [0.4, 0.5) is 20.2 Å². The number of pyridine rings is 2. The Hall–Kier alpha value is -3.04. The number of likely N-dealkylation sites (N-methyl/N-ethyl adjacent to an activating group) is 1. The average molecular weight is 458 g/mol. The molecule has 0 radical (unpaired) electrons. The van der Waals surface area contributed by atoms with E-state index >= 15 is 0 Å². The number of nitrogens with zero attached hydrogens (tertiary/aromatic N) is 4. The lowest BCUT2D eigenvalue weighted by Crippen LogP contribution is -2.24. The van der Waals surface area contributed by atoms with E-state index in [0.29, 0.717) is 32.0 Å². The summed E-state index contributed by atoms with van der Waals surface area (Å²) >= 11 is 0. The van der Waals surface area contributed by atoms with Crippen molar-refractivity contribution in [1.82, 2.24) is 15.3 Å². The molecule has 2 aromatic heterocycles. The van der Waals surface area contributed by atoms with Crippen LogP contribution in [0.2, 0.25) is 0 Å². The highest BCUT2D eigenvalue weighted by atomic mass is 19.3. The molecule has 7 nitrogen and oxygen atoms in total. The molecule has 9 heteroatoms. The Balaban J connectivity index is 1.69. The van der Waals surface area contributed by atoms with Gasteiger partial charge in [-0.25, -0.2) is 9.97 Å². The molecule has 3 aromatic rings. The average Bonchev–Trinajstić information content (AvgIpc) is 3.26. The largest absolute Gasteiger partial charge is 0.476 e. The Bertz CT molecular complexity index is 1080. The summed E-state index contributed by atoms with van der Waals surface area (Å²) in [5.74, 6) is 0.552. The zero-order valence-corrected chi connectivity index (χ0v) is 19.1. The number of hydrogen-bond donors (Lipinski definition) is 1. The molecule has 0 bridgehead atoms. The van der Waals surface area contributed by atoms with Crippen LogP contribution in [0.25, 0.3) is 22.2 Å². The van der Waals surface area contributed by atoms with Crippen molar-refractivity contribution >= 4 is 22.3 Å². The predicted molar refractivity (Wildman–Crippen MR) is 126 cm³/mol. The van der Waals surface area contributed by atoms with Crippen LogP contribution in [0.15, 0.2) is 42.6 Å². The van der Waals surface area contributed by atoms with Gasteiger partial charge < -0.3 is 24.6 Å². The Kier molecular flexibility index (Phi) is 7.20. The Morgan fingerprint density at radius 2 is 2.06 bits per heavy atom. The third-order valence-corrected chi connectivity index (χ3v) is 5.70. The summed E-state index contributed by atoms with van der Waals surface area (Å²) < 4.78 is 35.8. The number of hydrogen-bond acceptors (Lipinski definition) is 7. The van der Waals surface area contributed by atoms with Crippen LogP contribution in [-0.2, 0) is 4.74 Å². The molecular weight excluding hydrogens is 428 g/mol. The van der Waals surface area contributed by atoms with Gasteiger partial charge in [0.2, 0.25) is 5.88 Å². The fourth-order valence-corrected chi connectivity index (χ4v) is 3.96. The van der Waals surface area contributed by atoms with Gasteiger partial charge in [0.1, 0.15) is 6.61 Å². The van der Waals surface area contributed by atoms with Gasteiger partial charge in [0.05, 0.1) is 17.3 Å². The number of benzene rings is 1. The molecule has 3 heterocycles. The zero-order chi connectivity index (χ0) is 23.4. The van der Waals surface area contributed by atoms with Gasteiger partial charge in [-0.3, -0.25) is 0 Å². The van der Waals surface area contributed by atoms with Crippen molar-refractivity contribution in [1.29, 1.82) is 0 Å². The second-order valence-corrected chi connectivity index (χ2v) is 8.21. The third kappa shape index (κ3) is 5.48. The van der Waals surface area contributed by atoms with Crippen LogP contribution in [0, 0.1) is 0 Å². The maximum absolute atomic E-state index is 12.7. The van der Waals surface area contributed by atoms with Crippen molar-refractivity contribution in [2.24, 2.45) is 0 Å². The summed E-state index contributed by atoms with van der Waals surface area (Å²) in [6, 6.07) is 11.9. The molecule has 1 aliphatic heterocycles. The van der Waals surface area contributed by atoms with Gasteiger partial charge in [0.15, 0.2) is 0 Å². The number of aromatic nitrogens is 2. The number of halogens is 2. The summed E-state index contributed by atoms with van der Waals surface area (Å²) in [7, 11) is 5.83. The second-order valence-electron chi connectivity index (χ2n) is 8.21. The molecule has 1 atom stereocenters. The van der Waals surface area contributed by atoms with E-state index in [1.807, 2.05) is 62.4 Å². The number of nitrogens with one attached hydrogen (secondary N) is 1. The normalized spacial score (nSPS) is 16.1. The van der Waals surface area contributed by atoms with Gasteiger partial charge in [-0.2, -0.15) is 8.78 Å². The first-order valence-electron chi connectivity index (χ1n) is 11.0. The first kappa shape index (κ1) is 23.1. The molecule has 176 valence electrons. The predicted octanol–water partition coefficient (Wildman–Crippen LogP) is 3.78. The highest BCUT2D eigenvalue weighted by Gasteiger charge is 2.27. The molecule has 1 aliphatic rings. The lowest BCUT2D eigenvalue weighted by atomic mass is 10.1. The molecule has 0 amide bonds. The van der Waals surface area contributed by atoms with Crippen LogP contribution in [0.5, 0.6) is 5.88 Å². The van der Waals surface area contributed by atoms with Crippen molar-refractivity contribution in [2.75, 3.05) is 57.2 Å². The van der Waals surface area contributed by atoms with Gasteiger partial charge in [0.25, 0.3) is 0 Å². The molecule has 1 unspecified atom stereocenters. The summed E-state index contributed by atoms with van der Waals surface area (Å²) in [4.78, 5) is 13.4. The standard InChI is InChI=1S/C24H29F2N5O2/c1-27-9-11-32-23-7-4-16(14-28-23)20-13-22(31-10-8-18(15-31)33-24(25)26)19-6-5-17(30(2)3)12-21(19)29-20/h4-7,12-14,18,24,27H,8-11,15H2,1-3H3. The fraction of sp³-hybridized carbons (Fsp3) is 0.417. The summed E-state index contributed by atoms with van der Waals surface area (Å²) in [5.41, 5.74) is 4.44. The van der Waals surface area contributed by atoms with Gasteiger partial charge in [0, 0.05) is 68.3 Å². The Morgan fingerprint density at radius 3 is 2.76 bits per heavy atom. The Labute approximate surface area is 192 Å². The van der Waals surface area contributed by atoms with E-state index in [0.717, 1.165) is 40.1 Å². The van der Waals surface area contributed by atoms with E-state index in [1.54, 1.807) is 6.20 Å². The molecule has 1 N–H and O–H groups in total. The minimum Gasteiger partial charge on any atom is -0.476 e. The third-order valence-electron chi connectivity index (χ3n) is 5.70. The Morgan fingerprint density at radius 1 is 1.21 bits per heavy atom. The molecule has 0 aliphatic carbocycles. The smallest absolute Gasteiger partial charge is 0.345 e. The van der Waals surface area contributed by atoms with Crippen molar-refractivity contribution in [3.05, 3.63) is 42.6 Å². The van der Waals surface area contributed by atoms with Crippen molar-refractivity contribution in [2.45, 2.75) is 19.1 Å². The number of ether oxygens (including phenoxy) is 2. The fourth-order valence-electron chi connectivity index (χ4n) is 3.96. The van der Waals surface area contributed by atoms with E-state index in [4.69, 9.17) is 14.5 Å². The highest BCUT2D eigenvalue weighted by molar-refractivity contribution is 5.96. The maximum Gasteiger partial charge on any atom is 0.345 e. The minimum atomic E-state index is -2.76. The van der Waals surface area contributed by atoms with Gasteiger partial charge in [-0.1, -0.05) is 0 Å². The molecular formula is C24H29F2N5O2. The monoisotopic (exact) mass is 457 g/mol. The quantitative estimate of drug-likeness (QED) is 0.491. The summed E-state index contributed by atoms with van der Waals surface area (Å²) in [6.45, 7) is -0.441. The van der Waals surface area contributed by atoms with Crippen LogP contribution in [-0.4, -0.2) is 70.1 Å². The lowest BCUT2D eigenvalue weighted by Gasteiger charge is -2.22. The first-order valence-corrected chi connectivity index (χ1v) is 11.0. The van der Waals surface area contributed by atoms with Crippen molar-refractivity contribution < 1.29 is 18.3 Å². The van der Waals surface area contributed by atoms with Crippen LogP contribution in [0.3, 0.4) is 0 Å². The summed E-state index contributed by atoms with van der Waals surface area (Å²) in [5, 5.41) is 4.00. The molecule has 1 aromatic carbocycles. The SMILES string of the molecule is CNCCOc1ccc(-c2cc(N3CCC(OC(F)F)C3)c3ccc(N(C)C)cc3n2)cn1. The molecule has 4 rings (SSSR count). The minimum absolute atomic E-state index is 0.412. The maximum atomic E-state index is 12.7. The van der Waals surface area contributed by atoms with E-state index in [9.17, 15) is 8.78 Å². The van der Waals surface area contributed by atoms with E-state index < -0.39 is 12.7 Å². The van der Waals surface area contributed by atoms with Crippen molar-refractivity contribution in [3.8, 4) is 17.1 Å².